The fraction of sp³-hybridized carbons (Fsp3) is 1.00. The number of alkyl halides is 1. The van der Waals surface area contributed by atoms with E-state index in [1.807, 2.05) is 0 Å². The maximum atomic E-state index is 5.61. The van der Waals surface area contributed by atoms with Crippen LogP contribution in [0.5, 0.6) is 0 Å². The van der Waals surface area contributed by atoms with Gasteiger partial charge in [0.25, 0.3) is 0 Å². The molecule has 1 saturated heterocycles. The molecule has 0 bridgehead atoms. The van der Waals surface area contributed by atoms with Crippen molar-refractivity contribution in [1.82, 2.24) is 0 Å². The van der Waals surface area contributed by atoms with Crippen molar-refractivity contribution in [2.45, 2.75) is 32.3 Å². The Labute approximate surface area is 89.1 Å². The van der Waals surface area contributed by atoms with Gasteiger partial charge in [0.1, 0.15) is 0 Å². The number of hydrogen-bond acceptors (Lipinski definition) is 2. The minimum Gasteiger partial charge on any atom is -0.378 e. The van der Waals surface area contributed by atoms with Crippen LogP contribution in [0.25, 0.3) is 0 Å². The van der Waals surface area contributed by atoms with E-state index in [1.165, 1.54) is 19.3 Å². The first kappa shape index (κ1) is 11.5. The summed E-state index contributed by atoms with van der Waals surface area (Å²) < 4.78 is 11.1. The molecule has 0 amide bonds. The largest absolute Gasteiger partial charge is 0.378 e. The zero-order valence-electron chi connectivity index (χ0n) is 8.30. The SMILES string of the molecule is CCC(CBr)COCC1CCCO1. The van der Waals surface area contributed by atoms with Crippen LogP contribution in [0, 0.1) is 5.92 Å². The minimum atomic E-state index is 0.368. The lowest BCUT2D eigenvalue weighted by Gasteiger charge is -2.14. The van der Waals surface area contributed by atoms with Crippen LogP contribution in [0.1, 0.15) is 26.2 Å². The Morgan fingerprint density at radius 1 is 1.62 bits per heavy atom. The van der Waals surface area contributed by atoms with Crippen LogP contribution in [0.4, 0.5) is 0 Å². The van der Waals surface area contributed by atoms with Gasteiger partial charge in [-0.3, -0.25) is 0 Å². The van der Waals surface area contributed by atoms with Gasteiger partial charge in [-0.05, 0) is 18.8 Å². The Kier molecular flexibility index (Phi) is 6.00. The van der Waals surface area contributed by atoms with Crippen molar-refractivity contribution in [1.29, 1.82) is 0 Å². The summed E-state index contributed by atoms with van der Waals surface area (Å²) in [6.07, 6.45) is 3.92. The summed E-state index contributed by atoms with van der Waals surface area (Å²) in [5.74, 6) is 0.654. The van der Waals surface area contributed by atoms with E-state index in [0.717, 1.165) is 25.2 Å². The molecular weight excluding hydrogens is 232 g/mol. The molecule has 0 N–H and O–H groups in total. The second-order valence-corrected chi connectivity index (χ2v) is 4.25. The molecule has 0 aromatic heterocycles. The normalized spacial score (nSPS) is 24.9. The third-order valence-corrected chi connectivity index (χ3v) is 3.39. The van der Waals surface area contributed by atoms with Gasteiger partial charge in [-0.15, -0.1) is 0 Å². The third kappa shape index (κ3) is 4.43. The van der Waals surface area contributed by atoms with Crippen molar-refractivity contribution in [3.63, 3.8) is 0 Å². The molecule has 2 unspecified atom stereocenters. The van der Waals surface area contributed by atoms with Gasteiger partial charge in [0, 0.05) is 11.9 Å². The zero-order chi connectivity index (χ0) is 9.52. The number of ether oxygens (including phenoxy) is 2. The van der Waals surface area contributed by atoms with Gasteiger partial charge in [0.2, 0.25) is 0 Å². The lowest BCUT2D eigenvalue weighted by atomic mass is 10.1. The van der Waals surface area contributed by atoms with Crippen molar-refractivity contribution >= 4 is 15.9 Å². The molecule has 0 radical (unpaired) electrons. The monoisotopic (exact) mass is 250 g/mol. The molecule has 1 heterocycles. The van der Waals surface area contributed by atoms with Crippen LogP contribution in [0.2, 0.25) is 0 Å². The predicted molar refractivity (Wildman–Crippen MR) is 57.4 cm³/mol. The van der Waals surface area contributed by atoms with E-state index in [4.69, 9.17) is 9.47 Å². The van der Waals surface area contributed by atoms with Gasteiger partial charge in [0.05, 0.1) is 19.3 Å². The molecule has 2 nitrogen and oxygen atoms in total. The summed E-state index contributed by atoms with van der Waals surface area (Å²) >= 11 is 3.48. The summed E-state index contributed by atoms with van der Waals surface area (Å²) in [6.45, 7) is 4.76. The zero-order valence-corrected chi connectivity index (χ0v) is 9.88. The van der Waals surface area contributed by atoms with Crippen LogP contribution in [0.3, 0.4) is 0 Å². The molecule has 1 aliphatic rings. The molecular formula is C10H19BrO2. The van der Waals surface area contributed by atoms with Gasteiger partial charge < -0.3 is 9.47 Å². The first-order chi connectivity index (χ1) is 6.36. The maximum Gasteiger partial charge on any atom is 0.0809 e. The minimum absolute atomic E-state index is 0.368. The maximum absolute atomic E-state index is 5.61. The average molecular weight is 251 g/mol. The highest BCUT2D eigenvalue weighted by molar-refractivity contribution is 9.09. The fourth-order valence-corrected chi connectivity index (χ4v) is 2.06. The molecule has 0 aliphatic carbocycles. The van der Waals surface area contributed by atoms with E-state index in [9.17, 15) is 0 Å². The van der Waals surface area contributed by atoms with Crippen LogP contribution in [-0.4, -0.2) is 31.3 Å². The summed E-state index contributed by atoms with van der Waals surface area (Å²) in [5.41, 5.74) is 0. The van der Waals surface area contributed by atoms with E-state index in [1.54, 1.807) is 0 Å². The summed E-state index contributed by atoms with van der Waals surface area (Å²) in [7, 11) is 0. The molecule has 13 heavy (non-hydrogen) atoms. The number of halogens is 1. The van der Waals surface area contributed by atoms with Crippen LogP contribution >= 0.6 is 15.9 Å². The molecule has 1 rings (SSSR count). The number of hydrogen-bond donors (Lipinski definition) is 0. The van der Waals surface area contributed by atoms with E-state index in [0.29, 0.717) is 12.0 Å². The van der Waals surface area contributed by atoms with Crippen LogP contribution in [-0.2, 0) is 9.47 Å². The Morgan fingerprint density at radius 2 is 2.46 bits per heavy atom. The Morgan fingerprint density at radius 3 is 3.00 bits per heavy atom. The van der Waals surface area contributed by atoms with E-state index < -0.39 is 0 Å². The second-order valence-electron chi connectivity index (χ2n) is 3.60. The average Bonchev–Trinajstić information content (AvgIpc) is 2.65. The Balaban J connectivity index is 1.98. The summed E-state index contributed by atoms with van der Waals surface area (Å²) in [5, 5.41) is 1.04. The molecule has 1 fully saturated rings. The molecule has 0 aromatic carbocycles. The molecule has 78 valence electrons. The van der Waals surface area contributed by atoms with Crippen molar-refractivity contribution in [2.75, 3.05) is 25.2 Å². The molecule has 1 aliphatic heterocycles. The highest BCUT2D eigenvalue weighted by atomic mass is 79.9. The Bertz CT molecular complexity index is 118. The predicted octanol–water partition coefficient (Wildman–Crippen LogP) is 2.60. The van der Waals surface area contributed by atoms with Gasteiger partial charge in [0.15, 0.2) is 0 Å². The van der Waals surface area contributed by atoms with Crippen molar-refractivity contribution in [3.8, 4) is 0 Å². The van der Waals surface area contributed by atoms with E-state index in [2.05, 4.69) is 22.9 Å². The smallest absolute Gasteiger partial charge is 0.0809 e. The second kappa shape index (κ2) is 6.80. The molecule has 0 aromatic rings. The molecule has 2 atom stereocenters. The first-order valence-electron chi connectivity index (χ1n) is 5.12. The van der Waals surface area contributed by atoms with Crippen LogP contribution < -0.4 is 0 Å². The molecule has 0 spiro atoms. The van der Waals surface area contributed by atoms with Gasteiger partial charge in [-0.1, -0.05) is 29.3 Å². The van der Waals surface area contributed by atoms with Gasteiger partial charge in [-0.2, -0.15) is 0 Å². The van der Waals surface area contributed by atoms with Crippen molar-refractivity contribution < 1.29 is 9.47 Å². The standard InChI is InChI=1S/C10H19BrO2/c1-2-9(6-11)7-12-8-10-4-3-5-13-10/h9-10H,2-8H2,1H3. The summed E-state index contributed by atoms with van der Waals surface area (Å²) in [6, 6.07) is 0. The van der Waals surface area contributed by atoms with Crippen molar-refractivity contribution in [2.24, 2.45) is 5.92 Å². The van der Waals surface area contributed by atoms with Gasteiger partial charge in [-0.25, -0.2) is 0 Å². The summed E-state index contributed by atoms with van der Waals surface area (Å²) in [4.78, 5) is 0. The quantitative estimate of drug-likeness (QED) is 0.675. The molecule has 3 heteroatoms. The van der Waals surface area contributed by atoms with E-state index >= 15 is 0 Å². The van der Waals surface area contributed by atoms with Gasteiger partial charge >= 0.3 is 0 Å². The fourth-order valence-electron chi connectivity index (χ4n) is 1.41. The highest BCUT2D eigenvalue weighted by Gasteiger charge is 2.15. The number of rotatable bonds is 6. The highest BCUT2D eigenvalue weighted by Crippen LogP contribution is 2.13. The topological polar surface area (TPSA) is 18.5 Å². The van der Waals surface area contributed by atoms with E-state index in [-0.39, 0.29) is 0 Å². The lowest BCUT2D eigenvalue weighted by Crippen LogP contribution is -2.18. The first-order valence-corrected chi connectivity index (χ1v) is 6.24. The Hall–Kier alpha value is 0.400. The lowest BCUT2D eigenvalue weighted by molar-refractivity contribution is 0.00737. The van der Waals surface area contributed by atoms with Crippen LogP contribution in [0.15, 0.2) is 0 Å². The molecule has 0 saturated carbocycles. The third-order valence-electron chi connectivity index (χ3n) is 2.48. The van der Waals surface area contributed by atoms with Crippen molar-refractivity contribution in [3.05, 3.63) is 0 Å².